The number of carboxylic acid groups (broad SMARTS) is 1. The van der Waals surface area contributed by atoms with Gasteiger partial charge in [-0.25, -0.2) is 9.78 Å². The van der Waals surface area contributed by atoms with E-state index in [1.165, 1.54) is 10.4 Å². The molecule has 3 heterocycles. The fourth-order valence-electron chi connectivity index (χ4n) is 2.23. The number of hydrogen-bond acceptors (Lipinski definition) is 5. The Kier molecular flexibility index (Phi) is 3.60. The molecule has 0 atom stereocenters. The standard InChI is InChI=1S/C14H15NO3S2/c1-7(2)11-12(14(16)17)18-13(15-11)10-5-8-6-19-4-3-9(8)20-10/h5,7H,3-4,6H2,1-2H3,(H,16,17). The first-order valence-corrected chi connectivity index (χ1v) is 8.47. The van der Waals surface area contributed by atoms with Gasteiger partial charge in [0.15, 0.2) is 0 Å². The predicted octanol–water partition coefficient (Wildman–Crippen LogP) is 4.01. The van der Waals surface area contributed by atoms with Crippen LogP contribution in [0.3, 0.4) is 0 Å². The molecule has 4 nitrogen and oxygen atoms in total. The van der Waals surface area contributed by atoms with Gasteiger partial charge in [-0.05, 0) is 29.7 Å². The van der Waals surface area contributed by atoms with Crippen molar-refractivity contribution in [1.82, 2.24) is 4.98 Å². The molecule has 6 heteroatoms. The highest BCUT2D eigenvalue weighted by Crippen LogP contribution is 2.37. The predicted molar refractivity (Wildman–Crippen MR) is 80.7 cm³/mol. The zero-order valence-electron chi connectivity index (χ0n) is 11.3. The van der Waals surface area contributed by atoms with Crippen LogP contribution in [0.2, 0.25) is 0 Å². The van der Waals surface area contributed by atoms with E-state index in [0.29, 0.717) is 11.6 Å². The minimum absolute atomic E-state index is 0.0312. The van der Waals surface area contributed by atoms with Gasteiger partial charge in [-0.3, -0.25) is 0 Å². The smallest absolute Gasteiger partial charge is 0.373 e. The number of fused-ring (bicyclic) bond motifs is 1. The van der Waals surface area contributed by atoms with E-state index in [4.69, 9.17) is 4.42 Å². The summed E-state index contributed by atoms with van der Waals surface area (Å²) in [6, 6.07) is 2.09. The fourth-order valence-corrected chi connectivity index (χ4v) is 4.53. The van der Waals surface area contributed by atoms with E-state index in [0.717, 1.165) is 22.8 Å². The quantitative estimate of drug-likeness (QED) is 0.928. The second kappa shape index (κ2) is 5.26. The Balaban J connectivity index is 2.04. The molecule has 0 saturated carbocycles. The molecule has 3 rings (SSSR count). The lowest BCUT2D eigenvalue weighted by molar-refractivity contribution is 0.0661. The Morgan fingerprint density at radius 3 is 2.90 bits per heavy atom. The Bertz CT molecular complexity index is 634. The number of thioether (sulfide) groups is 1. The monoisotopic (exact) mass is 309 g/mol. The van der Waals surface area contributed by atoms with E-state index in [9.17, 15) is 9.90 Å². The summed E-state index contributed by atoms with van der Waals surface area (Å²) < 4.78 is 5.49. The molecular weight excluding hydrogens is 294 g/mol. The number of oxazole rings is 1. The summed E-state index contributed by atoms with van der Waals surface area (Å²) in [6.45, 7) is 3.84. The molecule has 20 heavy (non-hydrogen) atoms. The lowest BCUT2D eigenvalue weighted by Crippen LogP contribution is -2.01. The van der Waals surface area contributed by atoms with Crippen LogP contribution in [0.25, 0.3) is 10.8 Å². The van der Waals surface area contributed by atoms with Crippen LogP contribution in [-0.2, 0) is 12.2 Å². The van der Waals surface area contributed by atoms with E-state index < -0.39 is 5.97 Å². The molecule has 1 N–H and O–H groups in total. The van der Waals surface area contributed by atoms with Gasteiger partial charge in [0.05, 0.1) is 10.6 Å². The number of nitrogens with zero attached hydrogens (tertiary/aromatic N) is 1. The molecule has 2 aromatic heterocycles. The molecule has 0 aromatic carbocycles. The van der Waals surface area contributed by atoms with Crippen molar-refractivity contribution in [2.24, 2.45) is 0 Å². The van der Waals surface area contributed by atoms with Gasteiger partial charge in [0.2, 0.25) is 11.7 Å². The van der Waals surface area contributed by atoms with Gasteiger partial charge < -0.3 is 9.52 Å². The number of rotatable bonds is 3. The van der Waals surface area contributed by atoms with Crippen molar-refractivity contribution < 1.29 is 14.3 Å². The molecule has 0 unspecified atom stereocenters. The summed E-state index contributed by atoms with van der Waals surface area (Å²) in [5.41, 5.74) is 1.86. The topological polar surface area (TPSA) is 63.3 Å². The number of aromatic nitrogens is 1. The summed E-state index contributed by atoms with van der Waals surface area (Å²) >= 11 is 3.60. The number of carboxylic acids is 1. The lowest BCUT2D eigenvalue weighted by Gasteiger charge is -2.08. The van der Waals surface area contributed by atoms with Gasteiger partial charge in [0.1, 0.15) is 0 Å². The molecule has 0 radical (unpaired) electrons. The lowest BCUT2D eigenvalue weighted by atomic mass is 10.1. The summed E-state index contributed by atoms with van der Waals surface area (Å²) in [5.74, 6) is 1.56. The first-order chi connectivity index (χ1) is 9.56. The minimum atomic E-state index is -1.05. The van der Waals surface area contributed by atoms with E-state index in [2.05, 4.69) is 11.1 Å². The number of thiophene rings is 1. The molecule has 106 valence electrons. The van der Waals surface area contributed by atoms with E-state index in [-0.39, 0.29) is 11.7 Å². The van der Waals surface area contributed by atoms with Crippen molar-refractivity contribution in [2.45, 2.75) is 31.9 Å². The SMILES string of the molecule is CC(C)c1nc(-c2cc3c(s2)CCSC3)oc1C(=O)O. The maximum atomic E-state index is 11.2. The highest BCUT2D eigenvalue weighted by molar-refractivity contribution is 7.98. The number of hydrogen-bond donors (Lipinski definition) is 1. The second-order valence-electron chi connectivity index (χ2n) is 5.05. The average molecular weight is 309 g/mol. The van der Waals surface area contributed by atoms with Gasteiger partial charge in [-0.1, -0.05) is 13.8 Å². The normalized spacial score (nSPS) is 14.6. The third-order valence-corrected chi connectivity index (χ3v) is 5.47. The third kappa shape index (κ3) is 2.38. The maximum Gasteiger partial charge on any atom is 0.373 e. The molecule has 1 aliphatic heterocycles. The Morgan fingerprint density at radius 1 is 1.50 bits per heavy atom. The first kappa shape index (κ1) is 13.7. The van der Waals surface area contributed by atoms with E-state index in [1.54, 1.807) is 11.3 Å². The summed E-state index contributed by atoms with van der Waals surface area (Å²) in [6.07, 6.45) is 1.08. The number of aryl methyl sites for hydroxylation is 1. The molecular formula is C14H15NO3S2. The Hall–Kier alpha value is -1.27. The van der Waals surface area contributed by atoms with Crippen molar-refractivity contribution in [2.75, 3.05) is 5.75 Å². The third-order valence-electron chi connectivity index (χ3n) is 3.23. The van der Waals surface area contributed by atoms with Gasteiger partial charge in [0, 0.05) is 10.6 Å². The van der Waals surface area contributed by atoms with Crippen LogP contribution in [0.1, 0.15) is 46.5 Å². The number of aromatic carboxylic acids is 1. The van der Waals surface area contributed by atoms with Crippen LogP contribution in [0.5, 0.6) is 0 Å². The largest absolute Gasteiger partial charge is 0.475 e. The van der Waals surface area contributed by atoms with Crippen molar-refractivity contribution in [3.8, 4) is 10.8 Å². The fraction of sp³-hybridized carbons (Fsp3) is 0.429. The van der Waals surface area contributed by atoms with Crippen molar-refractivity contribution >= 4 is 29.1 Å². The maximum absolute atomic E-state index is 11.2. The summed E-state index contributed by atoms with van der Waals surface area (Å²) in [4.78, 5) is 17.9. The molecule has 0 fully saturated rings. The second-order valence-corrected chi connectivity index (χ2v) is 7.30. The zero-order valence-corrected chi connectivity index (χ0v) is 12.9. The van der Waals surface area contributed by atoms with Crippen LogP contribution < -0.4 is 0 Å². The molecule has 1 aliphatic rings. The molecule has 2 aromatic rings. The molecule has 0 bridgehead atoms. The van der Waals surface area contributed by atoms with Gasteiger partial charge >= 0.3 is 5.97 Å². The summed E-state index contributed by atoms with van der Waals surface area (Å²) in [7, 11) is 0. The van der Waals surface area contributed by atoms with Crippen LogP contribution >= 0.6 is 23.1 Å². The Morgan fingerprint density at radius 2 is 2.30 bits per heavy atom. The van der Waals surface area contributed by atoms with Gasteiger partial charge in [0.25, 0.3) is 0 Å². The highest BCUT2D eigenvalue weighted by atomic mass is 32.2. The van der Waals surface area contributed by atoms with E-state index >= 15 is 0 Å². The summed E-state index contributed by atoms with van der Waals surface area (Å²) in [5, 5.41) is 9.20. The Labute approximate surface area is 125 Å². The van der Waals surface area contributed by atoms with Crippen molar-refractivity contribution in [3.05, 3.63) is 28.0 Å². The highest BCUT2D eigenvalue weighted by Gasteiger charge is 2.24. The van der Waals surface area contributed by atoms with Crippen LogP contribution in [0, 0.1) is 0 Å². The molecule has 0 spiro atoms. The van der Waals surface area contributed by atoms with E-state index in [1.807, 2.05) is 25.6 Å². The van der Waals surface area contributed by atoms with Gasteiger partial charge in [-0.2, -0.15) is 11.8 Å². The average Bonchev–Trinajstić information content (AvgIpc) is 3.02. The van der Waals surface area contributed by atoms with Crippen LogP contribution in [0.4, 0.5) is 0 Å². The zero-order chi connectivity index (χ0) is 14.3. The van der Waals surface area contributed by atoms with Crippen LogP contribution in [0.15, 0.2) is 10.5 Å². The first-order valence-electron chi connectivity index (χ1n) is 6.50. The minimum Gasteiger partial charge on any atom is -0.475 e. The van der Waals surface area contributed by atoms with Crippen LogP contribution in [-0.4, -0.2) is 21.8 Å². The molecule has 0 amide bonds. The van der Waals surface area contributed by atoms with Crippen molar-refractivity contribution in [3.63, 3.8) is 0 Å². The molecule has 0 aliphatic carbocycles. The number of carbonyl (C=O) groups is 1. The molecule has 0 saturated heterocycles. The van der Waals surface area contributed by atoms with Gasteiger partial charge in [-0.15, -0.1) is 11.3 Å². The van der Waals surface area contributed by atoms with Crippen molar-refractivity contribution in [1.29, 1.82) is 0 Å².